The summed E-state index contributed by atoms with van der Waals surface area (Å²) >= 11 is 0. The van der Waals surface area contributed by atoms with Crippen LogP contribution in [-0.4, -0.2) is 15.6 Å². The predicted octanol–water partition coefficient (Wildman–Crippen LogP) is 4.05. The van der Waals surface area contributed by atoms with Gasteiger partial charge in [-0.1, -0.05) is 60.7 Å². The third-order valence-electron chi connectivity index (χ3n) is 4.31. The van der Waals surface area contributed by atoms with Gasteiger partial charge in [0.2, 0.25) is 0 Å². The van der Waals surface area contributed by atoms with Crippen molar-refractivity contribution >= 4 is 5.78 Å². The lowest BCUT2D eigenvalue weighted by Gasteiger charge is -2.17. The van der Waals surface area contributed by atoms with Crippen LogP contribution in [0.3, 0.4) is 0 Å². The Morgan fingerprint density at radius 1 is 0.957 bits per heavy atom. The number of ketones is 1. The van der Waals surface area contributed by atoms with Gasteiger partial charge in [0.05, 0.1) is 11.6 Å². The molecule has 0 N–H and O–H groups in total. The molecule has 23 heavy (non-hydrogen) atoms. The van der Waals surface area contributed by atoms with Crippen LogP contribution in [0.2, 0.25) is 0 Å². The fourth-order valence-electron chi connectivity index (χ4n) is 3.07. The molecular formula is C20H20N2O. The van der Waals surface area contributed by atoms with Crippen LogP contribution in [0.25, 0.3) is 0 Å². The Balaban J connectivity index is 2.18. The van der Waals surface area contributed by atoms with Gasteiger partial charge in [-0.3, -0.25) is 9.48 Å². The zero-order chi connectivity index (χ0) is 16.4. The molecule has 0 saturated heterocycles. The Bertz CT molecular complexity index is 820. The van der Waals surface area contributed by atoms with Gasteiger partial charge in [0.1, 0.15) is 0 Å². The maximum atomic E-state index is 13.2. The van der Waals surface area contributed by atoms with Gasteiger partial charge in [-0.15, -0.1) is 0 Å². The van der Waals surface area contributed by atoms with Crippen LogP contribution >= 0.6 is 0 Å². The molecule has 0 fully saturated rings. The molecule has 0 saturated carbocycles. The van der Waals surface area contributed by atoms with Crippen molar-refractivity contribution in [2.75, 3.05) is 0 Å². The lowest BCUT2D eigenvalue weighted by molar-refractivity contribution is 0.0973. The van der Waals surface area contributed by atoms with Crippen molar-refractivity contribution < 1.29 is 4.79 Å². The predicted molar refractivity (Wildman–Crippen MR) is 91.7 cm³/mol. The standard InChI is InChI=1S/C20H20N2O/c1-14-18(15(2)22(3)21-14)19(16-10-6-4-7-11-16)20(23)17-12-8-5-9-13-17/h4-13,19H,1-3H3/t19-/m1/s1. The second-order valence-corrected chi connectivity index (χ2v) is 5.78. The van der Waals surface area contributed by atoms with E-state index in [1.807, 2.05) is 86.2 Å². The second kappa shape index (κ2) is 6.21. The SMILES string of the molecule is Cc1nn(C)c(C)c1[C@H](C(=O)c1ccccc1)c1ccccc1. The second-order valence-electron chi connectivity index (χ2n) is 5.78. The molecule has 1 heterocycles. The summed E-state index contributed by atoms with van der Waals surface area (Å²) in [6, 6.07) is 19.4. The summed E-state index contributed by atoms with van der Waals surface area (Å²) in [6.07, 6.45) is 0. The summed E-state index contributed by atoms with van der Waals surface area (Å²) in [7, 11) is 1.92. The summed E-state index contributed by atoms with van der Waals surface area (Å²) in [6.45, 7) is 3.99. The normalized spacial score (nSPS) is 12.1. The lowest BCUT2D eigenvalue weighted by atomic mass is 9.84. The van der Waals surface area contributed by atoms with E-state index in [9.17, 15) is 4.79 Å². The molecule has 1 aromatic heterocycles. The van der Waals surface area contributed by atoms with E-state index >= 15 is 0 Å². The van der Waals surface area contributed by atoms with Gasteiger partial charge in [0.15, 0.2) is 5.78 Å². The first-order valence-electron chi connectivity index (χ1n) is 7.74. The van der Waals surface area contributed by atoms with Crippen LogP contribution in [0.4, 0.5) is 0 Å². The van der Waals surface area contributed by atoms with Gasteiger partial charge in [-0.05, 0) is 19.4 Å². The third-order valence-corrected chi connectivity index (χ3v) is 4.31. The van der Waals surface area contributed by atoms with Crippen LogP contribution < -0.4 is 0 Å². The van der Waals surface area contributed by atoms with Crippen LogP contribution in [-0.2, 0) is 7.05 Å². The number of carbonyl (C=O) groups is 1. The monoisotopic (exact) mass is 304 g/mol. The summed E-state index contributed by atoms with van der Waals surface area (Å²) in [4.78, 5) is 13.2. The van der Waals surface area contributed by atoms with Crippen molar-refractivity contribution in [2.45, 2.75) is 19.8 Å². The number of benzene rings is 2. The van der Waals surface area contributed by atoms with Gasteiger partial charge in [0, 0.05) is 23.9 Å². The average molecular weight is 304 g/mol. The first kappa shape index (κ1) is 15.2. The quantitative estimate of drug-likeness (QED) is 0.682. The van der Waals surface area contributed by atoms with E-state index in [1.165, 1.54) is 0 Å². The van der Waals surface area contributed by atoms with E-state index in [1.54, 1.807) is 0 Å². The average Bonchev–Trinajstić information content (AvgIpc) is 2.83. The van der Waals surface area contributed by atoms with E-state index in [0.717, 1.165) is 28.1 Å². The molecule has 0 spiro atoms. The molecule has 0 bridgehead atoms. The number of rotatable bonds is 4. The molecule has 3 nitrogen and oxygen atoms in total. The Hall–Kier alpha value is -2.68. The van der Waals surface area contributed by atoms with Crippen molar-refractivity contribution in [1.29, 1.82) is 0 Å². The molecule has 1 atom stereocenters. The Morgan fingerprint density at radius 3 is 2.04 bits per heavy atom. The van der Waals surface area contributed by atoms with Crippen molar-refractivity contribution in [3.8, 4) is 0 Å². The molecule has 0 aliphatic rings. The smallest absolute Gasteiger partial charge is 0.174 e. The fourth-order valence-corrected chi connectivity index (χ4v) is 3.07. The largest absolute Gasteiger partial charge is 0.293 e. The first-order chi connectivity index (χ1) is 11.1. The van der Waals surface area contributed by atoms with Crippen LogP contribution in [0.5, 0.6) is 0 Å². The summed E-state index contributed by atoms with van der Waals surface area (Å²) in [5.41, 5.74) is 4.67. The Morgan fingerprint density at radius 2 is 1.52 bits per heavy atom. The number of hydrogen-bond acceptors (Lipinski definition) is 2. The molecule has 116 valence electrons. The Labute approximate surface area is 136 Å². The molecule has 0 amide bonds. The molecule has 3 rings (SSSR count). The molecule has 2 aromatic carbocycles. The van der Waals surface area contributed by atoms with Crippen molar-refractivity contribution in [2.24, 2.45) is 7.05 Å². The van der Waals surface area contributed by atoms with Gasteiger partial charge in [0.25, 0.3) is 0 Å². The molecule has 0 aliphatic carbocycles. The zero-order valence-electron chi connectivity index (χ0n) is 13.7. The first-order valence-corrected chi connectivity index (χ1v) is 7.74. The highest BCUT2D eigenvalue weighted by atomic mass is 16.1. The van der Waals surface area contributed by atoms with E-state index in [4.69, 9.17) is 0 Å². The maximum Gasteiger partial charge on any atom is 0.174 e. The topological polar surface area (TPSA) is 34.9 Å². The van der Waals surface area contributed by atoms with Crippen molar-refractivity contribution in [3.05, 3.63) is 88.7 Å². The summed E-state index contributed by atoms with van der Waals surface area (Å²) in [5.74, 6) is -0.219. The molecule has 3 aromatic rings. The number of Topliss-reactive ketones (excluding diaryl/α,β-unsaturated/α-hetero) is 1. The number of hydrogen-bond donors (Lipinski definition) is 0. The minimum absolute atomic E-state index is 0.107. The van der Waals surface area contributed by atoms with E-state index < -0.39 is 0 Å². The van der Waals surface area contributed by atoms with E-state index in [2.05, 4.69) is 5.10 Å². The highest BCUT2D eigenvalue weighted by molar-refractivity contribution is 6.03. The zero-order valence-corrected chi connectivity index (χ0v) is 13.7. The summed E-state index contributed by atoms with van der Waals surface area (Å²) in [5, 5.41) is 4.50. The minimum Gasteiger partial charge on any atom is -0.293 e. The Kier molecular flexibility index (Phi) is 4.11. The van der Waals surface area contributed by atoms with Gasteiger partial charge < -0.3 is 0 Å². The molecule has 3 heteroatoms. The van der Waals surface area contributed by atoms with Crippen LogP contribution in [0.15, 0.2) is 60.7 Å². The fraction of sp³-hybridized carbons (Fsp3) is 0.200. The minimum atomic E-state index is -0.327. The molecular weight excluding hydrogens is 284 g/mol. The van der Waals surface area contributed by atoms with Crippen molar-refractivity contribution in [1.82, 2.24) is 9.78 Å². The van der Waals surface area contributed by atoms with Gasteiger partial charge in [-0.25, -0.2) is 0 Å². The molecule has 0 unspecified atom stereocenters. The van der Waals surface area contributed by atoms with Crippen LogP contribution in [0.1, 0.15) is 38.8 Å². The highest BCUT2D eigenvalue weighted by Crippen LogP contribution is 2.32. The van der Waals surface area contributed by atoms with Crippen LogP contribution in [0, 0.1) is 13.8 Å². The number of carbonyl (C=O) groups excluding carboxylic acids is 1. The molecule has 0 aliphatic heterocycles. The third kappa shape index (κ3) is 2.82. The number of aryl methyl sites for hydroxylation is 2. The van der Waals surface area contributed by atoms with E-state index in [0.29, 0.717) is 0 Å². The van der Waals surface area contributed by atoms with E-state index in [-0.39, 0.29) is 11.7 Å². The maximum absolute atomic E-state index is 13.2. The summed E-state index contributed by atoms with van der Waals surface area (Å²) < 4.78 is 1.85. The van der Waals surface area contributed by atoms with Crippen molar-refractivity contribution in [3.63, 3.8) is 0 Å². The lowest BCUT2D eigenvalue weighted by Crippen LogP contribution is -2.16. The molecule has 0 radical (unpaired) electrons. The number of aromatic nitrogens is 2. The highest BCUT2D eigenvalue weighted by Gasteiger charge is 2.29. The van der Waals surface area contributed by atoms with Gasteiger partial charge >= 0.3 is 0 Å². The van der Waals surface area contributed by atoms with Gasteiger partial charge in [-0.2, -0.15) is 5.10 Å². The number of nitrogens with zero attached hydrogens (tertiary/aromatic N) is 2.